The minimum absolute atomic E-state index is 0.564. The van der Waals surface area contributed by atoms with E-state index in [1.54, 1.807) is 6.20 Å². The molecule has 0 aliphatic carbocycles. The lowest BCUT2D eigenvalue weighted by Gasteiger charge is -2.07. The molecule has 0 spiro atoms. The van der Waals surface area contributed by atoms with Gasteiger partial charge in [-0.05, 0) is 23.2 Å². The molecule has 0 amide bonds. The normalized spacial score (nSPS) is 10.7. The Balaban J connectivity index is 1.86. The Morgan fingerprint density at radius 3 is 2.75 bits per heavy atom. The van der Waals surface area contributed by atoms with E-state index in [2.05, 4.69) is 14.8 Å². The molecule has 0 atom stereocenters. The van der Waals surface area contributed by atoms with Crippen molar-refractivity contribution in [3.63, 3.8) is 0 Å². The first-order chi connectivity index (χ1) is 9.75. The summed E-state index contributed by atoms with van der Waals surface area (Å²) in [6.07, 6.45) is 1.79. The zero-order chi connectivity index (χ0) is 13.9. The Kier molecular flexibility index (Phi) is 3.39. The first-order valence-corrected chi connectivity index (χ1v) is 7.04. The van der Waals surface area contributed by atoms with Gasteiger partial charge in [-0.3, -0.25) is 4.68 Å². The zero-order valence-electron chi connectivity index (χ0n) is 11.1. The number of nitrogens with zero attached hydrogens (tertiary/aromatic N) is 3. The molecule has 0 saturated carbocycles. The molecule has 0 aliphatic heterocycles. The number of hydrogen-bond donors (Lipinski definition) is 2. The average Bonchev–Trinajstić information content (AvgIpc) is 3.03. The van der Waals surface area contributed by atoms with Crippen molar-refractivity contribution in [1.82, 2.24) is 14.2 Å². The van der Waals surface area contributed by atoms with Crippen LogP contribution in [0.15, 0.2) is 42.6 Å². The first-order valence-electron chi connectivity index (χ1n) is 6.27. The number of aryl methyl sites for hydroxylation is 1. The van der Waals surface area contributed by atoms with E-state index in [1.807, 2.05) is 48.1 Å². The summed E-state index contributed by atoms with van der Waals surface area (Å²) in [5, 5.41) is 8.53. The minimum atomic E-state index is 0.564. The predicted octanol–water partition coefficient (Wildman–Crippen LogP) is 2.74. The van der Waals surface area contributed by atoms with E-state index in [0.717, 1.165) is 21.8 Å². The molecule has 0 unspecified atom stereocenters. The van der Waals surface area contributed by atoms with Crippen molar-refractivity contribution in [2.45, 2.75) is 6.54 Å². The van der Waals surface area contributed by atoms with Crippen molar-refractivity contribution in [2.75, 3.05) is 11.1 Å². The summed E-state index contributed by atoms with van der Waals surface area (Å²) in [6.45, 7) is 0.692. The average molecular weight is 285 g/mol. The van der Waals surface area contributed by atoms with E-state index >= 15 is 0 Å². The fraction of sp³-hybridized carbons (Fsp3) is 0.143. The van der Waals surface area contributed by atoms with E-state index in [4.69, 9.17) is 5.73 Å². The van der Waals surface area contributed by atoms with Gasteiger partial charge in [0.25, 0.3) is 0 Å². The SMILES string of the molecule is Cn1nccc1CNc1snc(N)c1-c1ccccc1. The monoisotopic (exact) mass is 285 g/mol. The summed E-state index contributed by atoms with van der Waals surface area (Å²) in [5.41, 5.74) is 9.15. The Morgan fingerprint density at radius 2 is 2.05 bits per heavy atom. The van der Waals surface area contributed by atoms with Gasteiger partial charge in [-0.2, -0.15) is 9.47 Å². The Hall–Kier alpha value is -2.34. The van der Waals surface area contributed by atoms with Gasteiger partial charge in [-0.25, -0.2) is 0 Å². The zero-order valence-corrected chi connectivity index (χ0v) is 11.9. The predicted molar refractivity (Wildman–Crippen MR) is 82.5 cm³/mol. The minimum Gasteiger partial charge on any atom is -0.382 e. The summed E-state index contributed by atoms with van der Waals surface area (Å²) < 4.78 is 6.10. The second-order valence-electron chi connectivity index (χ2n) is 4.44. The highest BCUT2D eigenvalue weighted by molar-refractivity contribution is 7.11. The molecule has 2 heterocycles. The van der Waals surface area contributed by atoms with E-state index < -0.39 is 0 Å². The van der Waals surface area contributed by atoms with Gasteiger partial charge in [0.15, 0.2) is 0 Å². The molecule has 6 heteroatoms. The van der Waals surface area contributed by atoms with Crippen LogP contribution < -0.4 is 11.1 Å². The van der Waals surface area contributed by atoms with Crippen molar-refractivity contribution in [3.05, 3.63) is 48.3 Å². The first kappa shape index (κ1) is 12.7. The molecule has 0 radical (unpaired) electrons. The lowest BCUT2D eigenvalue weighted by molar-refractivity contribution is 0.721. The maximum absolute atomic E-state index is 5.99. The van der Waals surface area contributed by atoms with Crippen molar-refractivity contribution in [3.8, 4) is 11.1 Å². The molecular weight excluding hydrogens is 270 g/mol. The van der Waals surface area contributed by atoms with Crippen LogP contribution >= 0.6 is 11.5 Å². The van der Waals surface area contributed by atoms with E-state index in [-0.39, 0.29) is 0 Å². The van der Waals surface area contributed by atoms with Crippen LogP contribution in [0.3, 0.4) is 0 Å². The van der Waals surface area contributed by atoms with Gasteiger partial charge in [-0.1, -0.05) is 30.3 Å². The lowest BCUT2D eigenvalue weighted by Crippen LogP contribution is -2.05. The summed E-state index contributed by atoms with van der Waals surface area (Å²) in [6, 6.07) is 12.0. The second-order valence-corrected chi connectivity index (χ2v) is 5.21. The molecule has 0 saturated heterocycles. The Labute approximate surface area is 121 Å². The molecule has 3 aromatic rings. The van der Waals surface area contributed by atoms with Gasteiger partial charge in [0.05, 0.1) is 17.8 Å². The van der Waals surface area contributed by atoms with Crippen LogP contribution in [0.1, 0.15) is 5.69 Å². The molecule has 5 nitrogen and oxygen atoms in total. The van der Waals surface area contributed by atoms with Crippen LogP contribution in [0.5, 0.6) is 0 Å². The Bertz CT molecular complexity index is 701. The van der Waals surface area contributed by atoms with Crippen molar-refractivity contribution >= 4 is 22.4 Å². The van der Waals surface area contributed by atoms with Gasteiger partial charge in [0, 0.05) is 13.2 Å². The molecular formula is C14H15N5S. The van der Waals surface area contributed by atoms with Gasteiger partial charge >= 0.3 is 0 Å². The third-order valence-electron chi connectivity index (χ3n) is 3.13. The van der Waals surface area contributed by atoms with Crippen LogP contribution in [0.4, 0.5) is 10.8 Å². The standard InChI is InChI=1S/C14H15N5S/c1-19-11(7-8-17-19)9-16-14-12(13(15)18-20-14)10-5-3-2-4-6-10/h2-8,16H,9H2,1H3,(H2,15,18). The molecule has 102 valence electrons. The van der Waals surface area contributed by atoms with Crippen LogP contribution in [-0.2, 0) is 13.6 Å². The highest BCUT2D eigenvalue weighted by Crippen LogP contribution is 2.36. The number of aromatic nitrogens is 3. The molecule has 1 aromatic carbocycles. The van der Waals surface area contributed by atoms with E-state index in [1.165, 1.54) is 11.5 Å². The number of nitrogens with one attached hydrogen (secondary N) is 1. The molecule has 3 N–H and O–H groups in total. The number of rotatable bonds is 4. The topological polar surface area (TPSA) is 68.8 Å². The third-order valence-corrected chi connectivity index (χ3v) is 3.95. The van der Waals surface area contributed by atoms with Crippen LogP contribution in [0.2, 0.25) is 0 Å². The molecule has 2 aromatic heterocycles. The van der Waals surface area contributed by atoms with Gasteiger partial charge in [0.1, 0.15) is 10.8 Å². The fourth-order valence-electron chi connectivity index (χ4n) is 2.05. The van der Waals surface area contributed by atoms with E-state index in [0.29, 0.717) is 12.4 Å². The number of nitrogen functional groups attached to an aromatic ring is 1. The summed E-state index contributed by atoms with van der Waals surface area (Å²) in [5.74, 6) is 0.564. The van der Waals surface area contributed by atoms with Crippen molar-refractivity contribution < 1.29 is 0 Å². The molecule has 0 bridgehead atoms. The molecule has 20 heavy (non-hydrogen) atoms. The van der Waals surface area contributed by atoms with Gasteiger partial charge in [0.2, 0.25) is 0 Å². The maximum atomic E-state index is 5.99. The smallest absolute Gasteiger partial charge is 0.147 e. The van der Waals surface area contributed by atoms with Gasteiger partial charge < -0.3 is 11.1 Å². The number of benzene rings is 1. The van der Waals surface area contributed by atoms with E-state index in [9.17, 15) is 0 Å². The molecule has 0 aliphatic rings. The summed E-state index contributed by atoms with van der Waals surface area (Å²) >= 11 is 1.38. The molecule has 0 fully saturated rings. The Morgan fingerprint density at radius 1 is 1.25 bits per heavy atom. The van der Waals surface area contributed by atoms with Crippen LogP contribution in [0, 0.1) is 0 Å². The van der Waals surface area contributed by atoms with Crippen LogP contribution in [-0.4, -0.2) is 14.2 Å². The highest BCUT2D eigenvalue weighted by Gasteiger charge is 2.13. The number of anilines is 2. The summed E-state index contributed by atoms with van der Waals surface area (Å²) in [4.78, 5) is 0. The second kappa shape index (κ2) is 5.34. The van der Waals surface area contributed by atoms with Crippen molar-refractivity contribution in [1.29, 1.82) is 0 Å². The van der Waals surface area contributed by atoms with Gasteiger partial charge in [-0.15, -0.1) is 0 Å². The molecule has 3 rings (SSSR count). The largest absolute Gasteiger partial charge is 0.382 e. The van der Waals surface area contributed by atoms with Crippen molar-refractivity contribution in [2.24, 2.45) is 7.05 Å². The number of hydrogen-bond acceptors (Lipinski definition) is 5. The maximum Gasteiger partial charge on any atom is 0.147 e. The lowest BCUT2D eigenvalue weighted by atomic mass is 10.1. The quantitative estimate of drug-likeness (QED) is 0.773. The highest BCUT2D eigenvalue weighted by atomic mass is 32.1. The van der Waals surface area contributed by atoms with Crippen LogP contribution in [0.25, 0.3) is 11.1 Å². The third kappa shape index (κ3) is 2.37. The number of nitrogens with two attached hydrogens (primary N) is 1. The summed E-state index contributed by atoms with van der Waals surface area (Å²) in [7, 11) is 1.93. The fourth-order valence-corrected chi connectivity index (χ4v) is 2.78.